The molecule has 0 aliphatic carbocycles. The van der Waals surface area contributed by atoms with Gasteiger partial charge in [-0.3, -0.25) is 9.69 Å². The number of unbranched alkanes of at least 4 members (excludes halogenated alkanes) is 1. The number of carboxylic acids is 1. The summed E-state index contributed by atoms with van der Waals surface area (Å²) < 4.78 is 5.39. The van der Waals surface area contributed by atoms with Crippen molar-refractivity contribution in [3.05, 3.63) is 0 Å². The molecule has 0 aromatic carbocycles. The number of carboxylic acid groups (broad SMARTS) is 1. The standard InChI is InChI=1S/C11H21NO3/c1-2-3-6-12-7-8-15-9-10(12)4-5-11(13)14/h10H,2-9H2,1H3,(H,13,14). The molecule has 1 N–H and O–H groups in total. The fourth-order valence-corrected chi connectivity index (χ4v) is 1.90. The van der Waals surface area contributed by atoms with Gasteiger partial charge in [0.15, 0.2) is 0 Å². The van der Waals surface area contributed by atoms with Crippen molar-refractivity contribution in [2.45, 2.75) is 38.6 Å². The fraction of sp³-hybridized carbons (Fsp3) is 0.909. The van der Waals surface area contributed by atoms with E-state index in [2.05, 4.69) is 11.8 Å². The molecule has 1 saturated heterocycles. The summed E-state index contributed by atoms with van der Waals surface area (Å²) in [5, 5.41) is 8.65. The van der Waals surface area contributed by atoms with Gasteiger partial charge in [0.1, 0.15) is 0 Å². The Hall–Kier alpha value is -0.610. The molecule has 88 valence electrons. The van der Waals surface area contributed by atoms with Gasteiger partial charge in [-0.25, -0.2) is 0 Å². The van der Waals surface area contributed by atoms with Crippen molar-refractivity contribution in [1.29, 1.82) is 0 Å². The Labute approximate surface area is 91.2 Å². The summed E-state index contributed by atoms with van der Waals surface area (Å²) in [6.45, 7) is 5.67. The molecule has 0 bridgehead atoms. The van der Waals surface area contributed by atoms with E-state index in [-0.39, 0.29) is 6.42 Å². The first-order valence-electron chi connectivity index (χ1n) is 5.77. The minimum Gasteiger partial charge on any atom is -0.481 e. The molecule has 15 heavy (non-hydrogen) atoms. The lowest BCUT2D eigenvalue weighted by molar-refractivity contribution is -0.137. The molecule has 1 rings (SSSR count). The zero-order valence-electron chi connectivity index (χ0n) is 9.45. The van der Waals surface area contributed by atoms with Gasteiger partial charge in [0, 0.05) is 19.0 Å². The molecule has 1 fully saturated rings. The summed E-state index contributed by atoms with van der Waals surface area (Å²) in [5.41, 5.74) is 0. The Kier molecular flexibility index (Phi) is 5.65. The minimum atomic E-state index is -0.712. The van der Waals surface area contributed by atoms with Crippen LogP contribution in [-0.4, -0.2) is 48.3 Å². The summed E-state index contributed by atoms with van der Waals surface area (Å²) in [6, 6.07) is 0.307. The Morgan fingerprint density at radius 2 is 2.40 bits per heavy atom. The molecule has 0 saturated carbocycles. The molecular weight excluding hydrogens is 194 g/mol. The lowest BCUT2D eigenvalue weighted by Gasteiger charge is -2.35. The maximum absolute atomic E-state index is 10.5. The maximum Gasteiger partial charge on any atom is 0.303 e. The van der Waals surface area contributed by atoms with E-state index >= 15 is 0 Å². The Morgan fingerprint density at radius 3 is 3.07 bits per heavy atom. The van der Waals surface area contributed by atoms with Crippen LogP contribution in [0.15, 0.2) is 0 Å². The van der Waals surface area contributed by atoms with E-state index in [0.717, 1.165) is 19.7 Å². The van der Waals surface area contributed by atoms with E-state index < -0.39 is 5.97 Å². The molecule has 0 aromatic heterocycles. The van der Waals surface area contributed by atoms with E-state index in [1.165, 1.54) is 12.8 Å². The van der Waals surface area contributed by atoms with Crippen LogP contribution in [0.25, 0.3) is 0 Å². The molecule has 1 aliphatic rings. The second-order valence-corrected chi connectivity index (χ2v) is 4.05. The number of hydrogen-bond donors (Lipinski definition) is 1. The maximum atomic E-state index is 10.5. The van der Waals surface area contributed by atoms with Crippen molar-refractivity contribution >= 4 is 5.97 Å². The predicted molar refractivity (Wildman–Crippen MR) is 58.0 cm³/mol. The lowest BCUT2D eigenvalue weighted by atomic mass is 10.1. The highest BCUT2D eigenvalue weighted by Gasteiger charge is 2.22. The van der Waals surface area contributed by atoms with Crippen LogP contribution >= 0.6 is 0 Å². The number of nitrogens with zero attached hydrogens (tertiary/aromatic N) is 1. The third kappa shape index (κ3) is 4.62. The van der Waals surface area contributed by atoms with Crippen molar-refractivity contribution in [3.8, 4) is 0 Å². The first-order valence-corrected chi connectivity index (χ1v) is 5.77. The number of morpholine rings is 1. The first kappa shape index (κ1) is 12.5. The van der Waals surface area contributed by atoms with Crippen LogP contribution in [0.5, 0.6) is 0 Å². The molecule has 1 atom stereocenters. The largest absolute Gasteiger partial charge is 0.481 e. The van der Waals surface area contributed by atoms with Gasteiger partial charge in [0.25, 0.3) is 0 Å². The quantitative estimate of drug-likeness (QED) is 0.726. The van der Waals surface area contributed by atoms with E-state index in [9.17, 15) is 4.79 Å². The van der Waals surface area contributed by atoms with Gasteiger partial charge in [-0.2, -0.15) is 0 Å². The summed E-state index contributed by atoms with van der Waals surface area (Å²) in [7, 11) is 0. The van der Waals surface area contributed by atoms with Gasteiger partial charge >= 0.3 is 5.97 Å². The second-order valence-electron chi connectivity index (χ2n) is 4.05. The zero-order valence-corrected chi connectivity index (χ0v) is 9.45. The van der Waals surface area contributed by atoms with Crippen LogP contribution in [0, 0.1) is 0 Å². The molecule has 1 heterocycles. The third-order valence-corrected chi connectivity index (χ3v) is 2.84. The SMILES string of the molecule is CCCCN1CCOCC1CCC(=O)O. The number of carbonyl (C=O) groups is 1. The van der Waals surface area contributed by atoms with Crippen LogP contribution in [0.4, 0.5) is 0 Å². The second kappa shape index (κ2) is 6.80. The average molecular weight is 215 g/mol. The minimum absolute atomic E-state index is 0.247. The normalized spacial score (nSPS) is 22.9. The van der Waals surface area contributed by atoms with Gasteiger partial charge in [0.2, 0.25) is 0 Å². The number of aliphatic carboxylic acids is 1. The van der Waals surface area contributed by atoms with Crippen molar-refractivity contribution in [2.24, 2.45) is 0 Å². The highest BCUT2D eigenvalue weighted by atomic mass is 16.5. The Bertz CT molecular complexity index is 196. The van der Waals surface area contributed by atoms with Crippen molar-refractivity contribution in [3.63, 3.8) is 0 Å². The van der Waals surface area contributed by atoms with Crippen molar-refractivity contribution in [2.75, 3.05) is 26.3 Å². The fourth-order valence-electron chi connectivity index (χ4n) is 1.90. The topological polar surface area (TPSA) is 49.8 Å². The van der Waals surface area contributed by atoms with Gasteiger partial charge in [-0.15, -0.1) is 0 Å². The summed E-state index contributed by atoms with van der Waals surface area (Å²) >= 11 is 0. The zero-order chi connectivity index (χ0) is 11.1. The predicted octanol–water partition coefficient (Wildman–Crippen LogP) is 1.35. The van der Waals surface area contributed by atoms with E-state index in [0.29, 0.717) is 19.1 Å². The van der Waals surface area contributed by atoms with Crippen LogP contribution in [0.1, 0.15) is 32.6 Å². The van der Waals surface area contributed by atoms with Crippen molar-refractivity contribution < 1.29 is 14.6 Å². The number of ether oxygens (including phenoxy) is 1. The van der Waals surface area contributed by atoms with E-state index in [1.54, 1.807) is 0 Å². The highest BCUT2D eigenvalue weighted by Crippen LogP contribution is 2.13. The lowest BCUT2D eigenvalue weighted by Crippen LogP contribution is -2.45. The number of rotatable bonds is 6. The monoisotopic (exact) mass is 215 g/mol. The van der Waals surface area contributed by atoms with Gasteiger partial charge in [-0.1, -0.05) is 13.3 Å². The number of hydrogen-bond acceptors (Lipinski definition) is 3. The first-order chi connectivity index (χ1) is 7.24. The van der Waals surface area contributed by atoms with Crippen molar-refractivity contribution in [1.82, 2.24) is 4.90 Å². The van der Waals surface area contributed by atoms with Gasteiger partial charge in [0.05, 0.1) is 13.2 Å². The molecule has 4 nitrogen and oxygen atoms in total. The molecule has 0 radical (unpaired) electrons. The molecule has 0 aromatic rings. The molecule has 1 unspecified atom stereocenters. The Morgan fingerprint density at radius 1 is 1.60 bits per heavy atom. The summed E-state index contributed by atoms with van der Waals surface area (Å²) in [5.74, 6) is -0.712. The van der Waals surface area contributed by atoms with Gasteiger partial charge < -0.3 is 9.84 Å². The van der Waals surface area contributed by atoms with Crippen LogP contribution in [0.2, 0.25) is 0 Å². The molecule has 0 amide bonds. The van der Waals surface area contributed by atoms with E-state index in [1.807, 2.05) is 0 Å². The van der Waals surface area contributed by atoms with Crippen LogP contribution < -0.4 is 0 Å². The molecule has 4 heteroatoms. The molecule has 0 spiro atoms. The Balaban J connectivity index is 2.32. The third-order valence-electron chi connectivity index (χ3n) is 2.84. The van der Waals surface area contributed by atoms with Crippen LogP contribution in [-0.2, 0) is 9.53 Å². The molecule has 1 aliphatic heterocycles. The average Bonchev–Trinajstić information content (AvgIpc) is 2.24. The van der Waals surface area contributed by atoms with Crippen LogP contribution in [0.3, 0.4) is 0 Å². The van der Waals surface area contributed by atoms with Gasteiger partial charge in [-0.05, 0) is 19.4 Å². The highest BCUT2D eigenvalue weighted by molar-refractivity contribution is 5.66. The summed E-state index contributed by atoms with van der Waals surface area (Å²) in [4.78, 5) is 12.9. The summed E-state index contributed by atoms with van der Waals surface area (Å²) in [6.07, 6.45) is 3.32. The van der Waals surface area contributed by atoms with E-state index in [4.69, 9.17) is 9.84 Å². The smallest absolute Gasteiger partial charge is 0.303 e. The molecular formula is C11H21NO3.